The number of hydrogen-bond donors (Lipinski definition) is 1. The quantitative estimate of drug-likeness (QED) is 0.716. The minimum Gasteiger partial charge on any atom is -0.382 e. The van der Waals surface area contributed by atoms with Crippen LogP contribution >= 0.6 is 0 Å². The second kappa shape index (κ2) is 3.45. The van der Waals surface area contributed by atoms with Crippen LogP contribution in [0.3, 0.4) is 0 Å². The molecule has 0 amide bonds. The Hall–Kier alpha value is -0.670. The predicted molar refractivity (Wildman–Crippen MR) is 68.0 cm³/mol. The van der Waals surface area contributed by atoms with Gasteiger partial charge in [-0.1, -0.05) is 13.8 Å². The van der Waals surface area contributed by atoms with Gasteiger partial charge in [0.15, 0.2) is 5.78 Å². The van der Waals surface area contributed by atoms with Crippen LogP contribution in [0, 0.1) is 17.8 Å². The van der Waals surface area contributed by atoms with Gasteiger partial charge in [0.05, 0.1) is 5.60 Å². The molecule has 1 saturated heterocycles. The van der Waals surface area contributed by atoms with E-state index in [-0.39, 0.29) is 35.2 Å². The third-order valence-corrected chi connectivity index (χ3v) is 5.32. The van der Waals surface area contributed by atoms with E-state index in [1.54, 1.807) is 6.08 Å². The Bertz CT molecular complexity index is 437. The van der Waals surface area contributed by atoms with Gasteiger partial charge in [0.1, 0.15) is 11.7 Å². The van der Waals surface area contributed by atoms with E-state index in [1.807, 2.05) is 20.8 Å². The van der Waals surface area contributed by atoms with Gasteiger partial charge in [0.2, 0.25) is 0 Å². The average Bonchev–Trinajstić information content (AvgIpc) is 2.49. The number of allylic oxidation sites excluding steroid dienone is 1. The second-order valence-electron chi connectivity index (χ2n) is 6.79. The first-order valence-electron chi connectivity index (χ1n) is 6.94. The maximum atomic E-state index is 12.1. The Balaban J connectivity index is 2.18. The van der Waals surface area contributed by atoms with Crippen molar-refractivity contribution in [1.29, 1.82) is 0 Å². The Kier molecular flexibility index (Phi) is 2.37. The Morgan fingerprint density at radius 1 is 1.33 bits per heavy atom. The molecule has 18 heavy (non-hydrogen) atoms. The monoisotopic (exact) mass is 250 g/mol. The molecule has 3 nitrogen and oxygen atoms in total. The first-order valence-corrected chi connectivity index (χ1v) is 6.94. The summed E-state index contributed by atoms with van der Waals surface area (Å²) in [6.07, 6.45) is 3.33. The summed E-state index contributed by atoms with van der Waals surface area (Å²) in [6, 6.07) is 0. The van der Waals surface area contributed by atoms with Gasteiger partial charge >= 0.3 is 0 Å². The minimum absolute atomic E-state index is 0.102. The summed E-state index contributed by atoms with van der Waals surface area (Å²) in [4.78, 5) is 12.1. The largest absolute Gasteiger partial charge is 0.382 e. The van der Waals surface area contributed by atoms with E-state index in [9.17, 15) is 9.90 Å². The maximum absolute atomic E-state index is 12.1. The van der Waals surface area contributed by atoms with E-state index in [4.69, 9.17) is 4.74 Å². The van der Waals surface area contributed by atoms with Gasteiger partial charge in [-0.25, -0.2) is 0 Å². The van der Waals surface area contributed by atoms with Gasteiger partial charge in [0, 0.05) is 11.8 Å². The van der Waals surface area contributed by atoms with Crippen LogP contribution < -0.4 is 0 Å². The maximum Gasteiger partial charge on any atom is 0.161 e. The molecule has 1 saturated carbocycles. The zero-order chi connectivity index (χ0) is 13.3. The molecule has 0 radical (unpaired) electrons. The fraction of sp³-hybridized carbons (Fsp3) is 0.800. The molecule has 3 aliphatic rings. The lowest BCUT2D eigenvalue weighted by Gasteiger charge is -2.47. The van der Waals surface area contributed by atoms with E-state index in [1.165, 1.54) is 0 Å². The Labute approximate surface area is 108 Å². The molecule has 1 N–H and O–H groups in total. The Morgan fingerprint density at radius 3 is 2.67 bits per heavy atom. The molecule has 3 heteroatoms. The van der Waals surface area contributed by atoms with Crippen molar-refractivity contribution in [2.45, 2.75) is 57.8 Å². The van der Waals surface area contributed by atoms with Crippen LogP contribution in [0.2, 0.25) is 0 Å². The van der Waals surface area contributed by atoms with Crippen molar-refractivity contribution in [3.63, 3.8) is 0 Å². The van der Waals surface area contributed by atoms with Gasteiger partial charge in [-0.05, 0) is 44.3 Å². The molecule has 0 aromatic heterocycles. The number of ether oxygens (including phenoxy) is 1. The van der Waals surface area contributed by atoms with E-state index in [2.05, 4.69) is 6.92 Å². The standard InChI is InChI=1S/C15H22O3/c1-8-5-6-12-14(3,4)18-13-9(2)11(16)7-10(8)15(12,13)17/h7-9,12-13,17H,5-6H2,1-4H3/t8-,9-,12?,13?,15+/m1/s1. The Morgan fingerprint density at radius 2 is 2.00 bits per heavy atom. The lowest BCUT2D eigenvalue weighted by molar-refractivity contribution is -0.134. The van der Waals surface area contributed by atoms with Crippen molar-refractivity contribution >= 4 is 5.78 Å². The number of carbonyl (C=O) groups is 1. The SMILES string of the molecule is C[C@@H]1CCC2C(C)(C)OC3[C@H](C)C(=O)C=C1[C@@]32O. The van der Waals surface area contributed by atoms with Crippen molar-refractivity contribution in [2.75, 3.05) is 0 Å². The molecule has 5 atom stereocenters. The molecule has 2 unspecified atom stereocenters. The van der Waals surface area contributed by atoms with Gasteiger partial charge in [0.25, 0.3) is 0 Å². The van der Waals surface area contributed by atoms with Crippen LogP contribution in [0.25, 0.3) is 0 Å². The van der Waals surface area contributed by atoms with Crippen LogP contribution in [0.1, 0.15) is 40.5 Å². The highest BCUT2D eigenvalue weighted by Crippen LogP contribution is 2.57. The van der Waals surface area contributed by atoms with Gasteiger partial charge in [-0.3, -0.25) is 4.79 Å². The van der Waals surface area contributed by atoms with Crippen molar-refractivity contribution < 1.29 is 14.6 Å². The van der Waals surface area contributed by atoms with Crippen LogP contribution in [0.4, 0.5) is 0 Å². The van der Waals surface area contributed by atoms with Crippen LogP contribution in [0.5, 0.6) is 0 Å². The summed E-state index contributed by atoms with van der Waals surface area (Å²) in [5.41, 5.74) is -0.358. The smallest absolute Gasteiger partial charge is 0.161 e. The number of carbonyl (C=O) groups excluding carboxylic acids is 1. The third-order valence-electron chi connectivity index (χ3n) is 5.32. The van der Waals surface area contributed by atoms with Crippen molar-refractivity contribution in [3.8, 4) is 0 Å². The molecule has 2 aliphatic carbocycles. The predicted octanol–water partition coefficient (Wildman–Crippen LogP) is 2.09. The fourth-order valence-corrected chi connectivity index (χ4v) is 4.30. The molecular formula is C15H22O3. The van der Waals surface area contributed by atoms with Gasteiger partial charge in [-0.15, -0.1) is 0 Å². The lowest BCUT2D eigenvalue weighted by Crippen LogP contribution is -2.56. The van der Waals surface area contributed by atoms with Crippen molar-refractivity contribution in [1.82, 2.24) is 0 Å². The summed E-state index contributed by atoms with van der Waals surface area (Å²) in [5.74, 6) is 0.244. The van der Waals surface area contributed by atoms with E-state index in [0.29, 0.717) is 0 Å². The topological polar surface area (TPSA) is 46.5 Å². The van der Waals surface area contributed by atoms with Crippen molar-refractivity contribution in [2.24, 2.45) is 17.8 Å². The van der Waals surface area contributed by atoms with Gasteiger partial charge in [-0.2, -0.15) is 0 Å². The lowest BCUT2D eigenvalue weighted by atomic mass is 9.59. The van der Waals surface area contributed by atoms with Gasteiger partial charge < -0.3 is 9.84 Å². The molecule has 1 heterocycles. The third kappa shape index (κ3) is 1.29. The zero-order valence-corrected chi connectivity index (χ0v) is 11.6. The highest BCUT2D eigenvalue weighted by molar-refractivity contribution is 5.94. The van der Waals surface area contributed by atoms with E-state index in [0.717, 1.165) is 18.4 Å². The van der Waals surface area contributed by atoms with Crippen LogP contribution in [-0.2, 0) is 9.53 Å². The van der Waals surface area contributed by atoms with E-state index < -0.39 is 5.60 Å². The fourth-order valence-electron chi connectivity index (χ4n) is 4.30. The summed E-state index contributed by atoms with van der Waals surface area (Å²) >= 11 is 0. The molecule has 0 spiro atoms. The average molecular weight is 250 g/mol. The molecule has 0 aromatic carbocycles. The minimum atomic E-state index is -0.922. The molecule has 3 rings (SSSR count). The highest BCUT2D eigenvalue weighted by Gasteiger charge is 2.66. The van der Waals surface area contributed by atoms with Crippen molar-refractivity contribution in [3.05, 3.63) is 11.6 Å². The number of aliphatic hydroxyl groups is 1. The molecule has 2 fully saturated rings. The molecule has 0 aromatic rings. The zero-order valence-electron chi connectivity index (χ0n) is 11.6. The van der Waals surface area contributed by atoms with Crippen LogP contribution in [0.15, 0.2) is 11.6 Å². The molecular weight excluding hydrogens is 228 g/mol. The first kappa shape index (κ1) is 12.4. The molecule has 100 valence electrons. The number of rotatable bonds is 0. The highest BCUT2D eigenvalue weighted by atomic mass is 16.5. The first-order chi connectivity index (χ1) is 8.28. The summed E-state index contributed by atoms with van der Waals surface area (Å²) in [5, 5.41) is 11.2. The second-order valence-corrected chi connectivity index (χ2v) is 6.79. The molecule has 1 aliphatic heterocycles. The van der Waals surface area contributed by atoms with Crippen LogP contribution in [-0.4, -0.2) is 28.2 Å². The number of ketones is 1. The summed E-state index contributed by atoms with van der Waals surface area (Å²) < 4.78 is 6.09. The molecule has 0 bridgehead atoms. The normalized spacial score (nSPS) is 49.8. The summed E-state index contributed by atoms with van der Waals surface area (Å²) in [6.45, 7) is 8.05. The summed E-state index contributed by atoms with van der Waals surface area (Å²) in [7, 11) is 0. The van der Waals surface area contributed by atoms with E-state index >= 15 is 0 Å². The number of hydrogen-bond acceptors (Lipinski definition) is 3.